The van der Waals surface area contributed by atoms with Crippen LogP contribution in [0.15, 0.2) is 46.2 Å². The van der Waals surface area contributed by atoms with E-state index in [0.29, 0.717) is 34.2 Å². The van der Waals surface area contributed by atoms with Crippen molar-refractivity contribution in [2.24, 2.45) is 0 Å². The molecule has 0 unspecified atom stereocenters. The van der Waals surface area contributed by atoms with Crippen LogP contribution in [0.4, 0.5) is 11.4 Å². The molecule has 1 aliphatic rings. The molecule has 9 heteroatoms. The van der Waals surface area contributed by atoms with Gasteiger partial charge in [0.1, 0.15) is 11.5 Å². The second-order valence-corrected chi connectivity index (χ2v) is 9.21. The molecule has 4 rings (SSSR count). The van der Waals surface area contributed by atoms with Crippen molar-refractivity contribution in [3.05, 3.63) is 69.3 Å². The Bertz CT molecular complexity index is 1200. The fourth-order valence-electron chi connectivity index (χ4n) is 4.15. The summed E-state index contributed by atoms with van der Waals surface area (Å²) in [5.74, 6) is -0.252. The first kappa shape index (κ1) is 23.7. The van der Waals surface area contributed by atoms with E-state index in [9.17, 15) is 19.5 Å². The van der Waals surface area contributed by atoms with Gasteiger partial charge in [0.2, 0.25) is 0 Å². The number of furan rings is 1. The lowest BCUT2D eigenvalue weighted by Gasteiger charge is -2.29. The first-order valence-electron chi connectivity index (χ1n) is 11.2. The summed E-state index contributed by atoms with van der Waals surface area (Å²) >= 11 is 1.41. The fourth-order valence-corrected chi connectivity index (χ4v) is 4.82. The summed E-state index contributed by atoms with van der Waals surface area (Å²) in [5, 5.41) is 17.3. The predicted octanol–water partition coefficient (Wildman–Crippen LogP) is 3.73. The van der Waals surface area contributed by atoms with E-state index in [1.807, 2.05) is 23.6 Å². The minimum atomic E-state index is -0.790. The lowest BCUT2D eigenvalue weighted by Crippen LogP contribution is -2.37. The number of aryl methyl sites for hydroxylation is 3. The van der Waals surface area contributed by atoms with Gasteiger partial charge in [-0.15, -0.1) is 11.3 Å². The molecule has 2 aromatic heterocycles. The Labute approximate surface area is 201 Å². The van der Waals surface area contributed by atoms with E-state index in [1.54, 1.807) is 36.9 Å². The minimum absolute atomic E-state index is 0.0323. The molecule has 0 saturated heterocycles. The van der Waals surface area contributed by atoms with Crippen LogP contribution in [0.2, 0.25) is 0 Å². The van der Waals surface area contributed by atoms with Gasteiger partial charge in [-0.2, -0.15) is 0 Å². The maximum Gasteiger partial charge on any atom is 0.313 e. The number of carbonyl (C=O) groups is 3. The molecule has 3 heterocycles. The number of anilines is 2. The quantitative estimate of drug-likeness (QED) is 0.465. The molecule has 0 radical (unpaired) electrons. The highest BCUT2D eigenvalue weighted by Crippen LogP contribution is 2.31. The molecular formula is C25H27N3O5S. The Morgan fingerprint density at radius 2 is 2.00 bits per heavy atom. The average molecular weight is 482 g/mol. The second-order valence-electron chi connectivity index (χ2n) is 8.26. The van der Waals surface area contributed by atoms with Crippen LogP contribution in [0, 0.1) is 13.8 Å². The van der Waals surface area contributed by atoms with Crippen LogP contribution in [-0.4, -0.2) is 35.9 Å². The van der Waals surface area contributed by atoms with E-state index < -0.39 is 17.9 Å². The normalized spacial score (nSPS) is 13.8. The monoisotopic (exact) mass is 481 g/mol. The molecule has 3 N–H and O–H groups in total. The number of nitrogens with zero attached hydrogens (tertiary/aromatic N) is 1. The number of fused-ring (bicyclic) bond motifs is 1. The zero-order chi connectivity index (χ0) is 24.2. The number of nitrogens with one attached hydrogen (secondary N) is 2. The number of rotatable bonds is 6. The standard InChI is InChI=1S/C25H27N3O5S/c1-15-13-19(16(2)33-15)21(29)9-10-26-23(30)24(31)27-18-7-8-20-17(14-18)5-3-11-28(20)25(32)22-6-4-12-34-22/h4,6-8,12-14,21,29H,3,5,9-11H2,1-2H3,(H,26,30)(H,27,31)/t21-/m1/s1. The number of hydrogen-bond donors (Lipinski definition) is 3. The van der Waals surface area contributed by atoms with Gasteiger partial charge in [-0.05, 0) is 74.4 Å². The van der Waals surface area contributed by atoms with Crippen LogP contribution in [-0.2, 0) is 16.0 Å². The third-order valence-corrected chi connectivity index (χ3v) is 6.64. The minimum Gasteiger partial charge on any atom is -0.466 e. The van der Waals surface area contributed by atoms with Crippen LogP contribution < -0.4 is 15.5 Å². The second kappa shape index (κ2) is 10.2. The maximum absolute atomic E-state index is 12.8. The third-order valence-electron chi connectivity index (χ3n) is 5.78. The molecule has 0 aliphatic carbocycles. The zero-order valence-corrected chi connectivity index (χ0v) is 19.9. The molecule has 0 fully saturated rings. The summed E-state index contributed by atoms with van der Waals surface area (Å²) in [5.41, 5.74) is 2.94. The molecule has 8 nitrogen and oxygen atoms in total. The van der Waals surface area contributed by atoms with Crippen molar-refractivity contribution in [3.8, 4) is 0 Å². The van der Waals surface area contributed by atoms with Gasteiger partial charge in [0.05, 0.1) is 11.0 Å². The van der Waals surface area contributed by atoms with Crippen LogP contribution >= 0.6 is 11.3 Å². The molecule has 3 aromatic rings. The van der Waals surface area contributed by atoms with E-state index in [0.717, 1.165) is 24.1 Å². The van der Waals surface area contributed by atoms with Gasteiger partial charge in [0, 0.05) is 30.0 Å². The van der Waals surface area contributed by atoms with Crippen LogP contribution in [0.25, 0.3) is 0 Å². The van der Waals surface area contributed by atoms with Gasteiger partial charge in [-0.3, -0.25) is 14.4 Å². The summed E-state index contributed by atoms with van der Waals surface area (Å²) in [4.78, 5) is 39.8. The Morgan fingerprint density at radius 1 is 1.18 bits per heavy atom. The molecule has 3 amide bonds. The van der Waals surface area contributed by atoms with Crippen molar-refractivity contribution in [1.29, 1.82) is 0 Å². The van der Waals surface area contributed by atoms with Gasteiger partial charge < -0.3 is 25.1 Å². The van der Waals surface area contributed by atoms with Gasteiger partial charge in [-0.1, -0.05) is 6.07 Å². The highest BCUT2D eigenvalue weighted by Gasteiger charge is 2.25. The van der Waals surface area contributed by atoms with Crippen LogP contribution in [0.3, 0.4) is 0 Å². The van der Waals surface area contributed by atoms with Crippen molar-refractivity contribution in [1.82, 2.24) is 5.32 Å². The third kappa shape index (κ3) is 5.21. The van der Waals surface area contributed by atoms with E-state index in [-0.39, 0.29) is 18.9 Å². The molecule has 1 aromatic carbocycles. The smallest absolute Gasteiger partial charge is 0.313 e. The SMILES string of the molecule is Cc1cc([C@H](O)CCNC(=O)C(=O)Nc2ccc3c(c2)CCCN3C(=O)c2cccs2)c(C)o1. The zero-order valence-electron chi connectivity index (χ0n) is 19.1. The van der Waals surface area contributed by atoms with E-state index in [4.69, 9.17) is 4.42 Å². The molecular weight excluding hydrogens is 454 g/mol. The summed E-state index contributed by atoms with van der Waals surface area (Å²) in [6.07, 6.45) is 1.07. The number of aliphatic hydroxyl groups excluding tert-OH is 1. The van der Waals surface area contributed by atoms with Crippen molar-refractivity contribution >= 4 is 40.4 Å². The number of thiophene rings is 1. The number of aliphatic hydroxyl groups is 1. The van der Waals surface area contributed by atoms with Crippen molar-refractivity contribution < 1.29 is 23.9 Å². The number of amides is 3. The van der Waals surface area contributed by atoms with Gasteiger partial charge in [0.15, 0.2) is 0 Å². The van der Waals surface area contributed by atoms with Gasteiger partial charge in [-0.25, -0.2) is 0 Å². The Kier molecular flexibility index (Phi) is 7.14. The summed E-state index contributed by atoms with van der Waals surface area (Å²) in [7, 11) is 0. The molecule has 0 spiro atoms. The molecule has 178 valence electrons. The summed E-state index contributed by atoms with van der Waals surface area (Å²) in [6.45, 7) is 4.35. The van der Waals surface area contributed by atoms with Crippen molar-refractivity contribution in [2.45, 2.75) is 39.2 Å². The molecule has 0 bridgehead atoms. The van der Waals surface area contributed by atoms with Crippen molar-refractivity contribution in [3.63, 3.8) is 0 Å². The molecule has 0 saturated carbocycles. The lowest BCUT2D eigenvalue weighted by atomic mass is 10.0. The van der Waals surface area contributed by atoms with E-state index >= 15 is 0 Å². The van der Waals surface area contributed by atoms with Crippen LogP contribution in [0.5, 0.6) is 0 Å². The number of benzene rings is 1. The molecule has 1 aliphatic heterocycles. The maximum atomic E-state index is 12.8. The number of carbonyl (C=O) groups excluding carboxylic acids is 3. The topological polar surface area (TPSA) is 112 Å². The first-order valence-corrected chi connectivity index (χ1v) is 12.0. The predicted molar refractivity (Wildman–Crippen MR) is 130 cm³/mol. The fraction of sp³-hybridized carbons (Fsp3) is 0.320. The Hall–Kier alpha value is -3.43. The van der Waals surface area contributed by atoms with E-state index in [1.165, 1.54) is 11.3 Å². The largest absolute Gasteiger partial charge is 0.466 e. The Morgan fingerprint density at radius 3 is 2.71 bits per heavy atom. The molecule has 1 atom stereocenters. The highest BCUT2D eigenvalue weighted by atomic mass is 32.1. The summed E-state index contributed by atoms with van der Waals surface area (Å²) < 4.78 is 5.41. The van der Waals surface area contributed by atoms with Gasteiger partial charge >= 0.3 is 11.8 Å². The van der Waals surface area contributed by atoms with E-state index in [2.05, 4.69) is 10.6 Å². The van der Waals surface area contributed by atoms with Crippen molar-refractivity contribution in [2.75, 3.05) is 23.3 Å². The highest BCUT2D eigenvalue weighted by molar-refractivity contribution is 7.12. The first-order chi connectivity index (χ1) is 16.3. The van der Waals surface area contributed by atoms with Crippen LogP contribution in [0.1, 0.15) is 51.3 Å². The Balaban J connectivity index is 1.33. The average Bonchev–Trinajstić information content (AvgIpc) is 3.47. The number of hydrogen-bond acceptors (Lipinski definition) is 6. The van der Waals surface area contributed by atoms with Gasteiger partial charge in [0.25, 0.3) is 5.91 Å². The summed E-state index contributed by atoms with van der Waals surface area (Å²) in [6, 6.07) is 10.7. The lowest BCUT2D eigenvalue weighted by molar-refractivity contribution is -0.136. The molecule has 34 heavy (non-hydrogen) atoms.